The highest BCUT2D eigenvalue weighted by atomic mass is 15.3. The number of fused-ring (bicyclic) bond motifs is 1. The van der Waals surface area contributed by atoms with Gasteiger partial charge in [-0.15, -0.1) is 0 Å². The lowest BCUT2D eigenvalue weighted by molar-refractivity contribution is 0.414. The summed E-state index contributed by atoms with van der Waals surface area (Å²) in [6.07, 6.45) is 4.89. The van der Waals surface area contributed by atoms with E-state index in [1.54, 1.807) is 0 Å². The second-order valence-electron chi connectivity index (χ2n) is 6.78. The SMILES string of the molecule is CN1CCC(Nc2nccn3nc(C(C)(C)C)cc23)C1. The molecule has 0 radical (unpaired) electrons. The van der Waals surface area contributed by atoms with Crippen LogP contribution in [0, 0.1) is 0 Å². The summed E-state index contributed by atoms with van der Waals surface area (Å²) in [5.74, 6) is 0.941. The Morgan fingerprint density at radius 2 is 2.15 bits per heavy atom. The molecule has 5 heteroatoms. The van der Waals surface area contributed by atoms with Crippen molar-refractivity contribution in [3.05, 3.63) is 24.2 Å². The monoisotopic (exact) mass is 273 g/mol. The van der Waals surface area contributed by atoms with E-state index in [2.05, 4.69) is 54.2 Å². The van der Waals surface area contributed by atoms with Crippen molar-refractivity contribution in [1.82, 2.24) is 19.5 Å². The van der Waals surface area contributed by atoms with Crippen LogP contribution in [0.15, 0.2) is 18.5 Å². The Labute approximate surface area is 120 Å². The zero-order valence-electron chi connectivity index (χ0n) is 12.7. The van der Waals surface area contributed by atoms with Crippen molar-refractivity contribution in [3.63, 3.8) is 0 Å². The molecular weight excluding hydrogens is 250 g/mol. The van der Waals surface area contributed by atoms with E-state index in [1.807, 2.05) is 16.9 Å². The topological polar surface area (TPSA) is 45.5 Å². The summed E-state index contributed by atoms with van der Waals surface area (Å²) in [5, 5.41) is 8.23. The van der Waals surface area contributed by atoms with E-state index in [0.29, 0.717) is 6.04 Å². The van der Waals surface area contributed by atoms with Gasteiger partial charge in [-0.05, 0) is 26.1 Å². The van der Waals surface area contributed by atoms with Gasteiger partial charge in [0.25, 0.3) is 0 Å². The van der Waals surface area contributed by atoms with Gasteiger partial charge in [-0.3, -0.25) is 0 Å². The Morgan fingerprint density at radius 3 is 2.80 bits per heavy atom. The molecule has 1 aliphatic heterocycles. The van der Waals surface area contributed by atoms with Crippen molar-refractivity contribution >= 4 is 11.3 Å². The minimum absolute atomic E-state index is 0.0524. The normalized spacial score (nSPS) is 20.7. The minimum Gasteiger partial charge on any atom is -0.364 e. The van der Waals surface area contributed by atoms with Gasteiger partial charge >= 0.3 is 0 Å². The quantitative estimate of drug-likeness (QED) is 0.910. The molecule has 3 heterocycles. The maximum atomic E-state index is 4.66. The molecule has 0 aliphatic carbocycles. The predicted octanol–water partition coefficient (Wildman–Crippen LogP) is 2.14. The minimum atomic E-state index is 0.0524. The van der Waals surface area contributed by atoms with E-state index < -0.39 is 0 Å². The van der Waals surface area contributed by atoms with Crippen molar-refractivity contribution in [3.8, 4) is 0 Å². The number of likely N-dealkylation sites (N-methyl/N-ethyl adjacent to an activating group) is 1. The molecule has 1 fully saturated rings. The van der Waals surface area contributed by atoms with Crippen LogP contribution in [0.5, 0.6) is 0 Å². The first-order valence-electron chi connectivity index (χ1n) is 7.23. The van der Waals surface area contributed by atoms with Gasteiger partial charge in [0, 0.05) is 30.4 Å². The van der Waals surface area contributed by atoms with Crippen LogP contribution in [-0.4, -0.2) is 45.7 Å². The fourth-order valence-electron chi connectivity index (χ4n) is 2.65. The smallest absolute Gasteiger partial charge is 0.152 e. The van der Waals surface area contributed by atoms with Crippen LogP contribution < -0.4 is 5.32 Å². The second kappa shape index (κ2) is 4.74. The van der Waals surface area contributed by atoms with Crippen LogP contribution in [0.3, 0.4) is 0 Å². The van der Waals surface area contributed by atoms with Gasteiger partial charge < -0.3 is 10.2 Å². The van der Waals surface area contributed by atoms with E-state index in [1.165, 1.54) is 6.42 Å². The van der Waals surface area contributed by atoms with Gasteiger partial charge in [0.2, 0.25) is 0 Å². The summed E-state index contributed by atoms with van der Waals surface area (Å²) in [7, 11) is 2.16. The lowest BCUT2D eigenvalue weighted by Crippen LogP contribution is -2.24. The highest BCUT2D eigenvalue weighted by Crippen LogP contribution is 2.25. The fourth-order valence-corrected chi connectivity index (χ4v) is 2.65. The molecule has 3 rings (SSSR count). The number of nitrogens with one attached hydrogen (secondary N) is 1. The standard InChI is InChI=1S/C15H23N5/c1-15(2,3)13-9-12-14(16-6-8-20(12)18-13)17-11-5-7-19(4)10-11/h6,8-9,11H,5,7,10H2,1-4H3,(H,16,17). The molecule has 2 aromatic heterocycles. The van der Waals surface area contributed by atoms with Crippen LogP contribution in [-0.2, 0) is 5.41 Å². The number of aromatic nitrogens is 3. The molecule has 1 saturated heterocycles. The van der Waals surface area contributed by atoms with Crippen LogP contribution in [0.2, 0.25) is 0 Å². The van der Waals surface area contributed by atoms with Crippen LogP contribution in [0.1, 0.15) is 32.9 Å². The van der Waals surface area contributed by atoms with Crippen molar-refractivity contribution < 1.29 is 0 Å². The van der Waals surface area contributed by atoms with E-state index in [4.69, 9.17) is 0 Å². The van der Waals surface area contributed by atoms with Gasteiger partial charge in [0.05, 0.1) is 5.69 Å². The van der Waals surface area contributed by atoms with Crippen LogP contribution in [0.25, 0.3) is 5.52 Å². The number of anilines is 1. The predicted molar refractivity (Wildman–Crippen MR) is 81.2 cm³/mol. The number of nitrogens with zero attached hydrogens (tertiary/aromatic N) is 4. The molecule has 0 saturated carbocycles. The average molecular weight is 273 g/mol. The molecule has 0 bridgehead atoms. The third kappa shape index (κ3) is 2.50. The van der Waals surface area contributed by atoms with Gasteiger partial charge in [0.1, 0.15) is 5.52 Å². The average Bonchev–Trinajstić information content (AvgIpc) is 2.95. The zero-order chi connectivity index (χ0) is 14.3. The molecule has 0 aromatic carbocycles. The number of rotatable bonds is 2. The third-order valence-electron chi connectivity index (χ3n) is 3.89. The van der Waals surface area contributed by atoms with Gasteiger partial charge in [-0.1, -0.05) is 20.8 Å². The van der Waals surface area contributed by atoms with Crippen LogP contribution in [0.4, 0.5) is 5.82 Å². The van der Waals surface area contributed by atoms with E-state index in [9.17, 15) is 0 Å². The largest absolute Gasteiger partial charge is 0.364 e. The summed E-state index contributed by atoms with van der Waals surface area (Å²) in [5.41, 5.74) is 2.21. The molecule has 1 atom stereocenters. The first-order chi connectivity index (χ1) is 9.43. The first-order valence-corrected chi connectivity index (χ1v) is 7.23. The molecule has 0 amide bonds. The highest BCUT2D eigenvalue weighted by Gasteiger charge is 2.22. The number of hydrogen-bond donors (Lipinski definition) is 1. The molecule has 1 N–H and O–H groups in total. The maximum Gasteiger partial charge on any atom is 0.152 e. The lowest BCUT2D eigenvalue weighted by Gasteiger charge is -2.14. The van der Waals surface area contributed by atoms with Gasteiger partial charge in [-0.25, -0.2) is 9.50 Å². The van der Waals surface area contributed by atoms with E-state index in [0.717, 1.165) is 30.1 Å². The summed E-state index contributed by atoms with van der Waals surface area (Å²) in [4.78, 5) is 6.84. The highest BCUT2D eigenvalue weighted by molar-refractivity contribution is 5.68. The number of hydrogen-bond acceptors (Lipinski definition) is 4. The molecule has 1 unspecified atom stereocenters. The Morgan fingerprint density at radius 1 is 1.35 bits per heavy atom. The fraction of sp³-hybridized carbons (Fsp3) is 0.600. The van der Waals surface area contributed by atoms with E-state index in [-0.39, 0.29) is 5.41 Å². The molecule has 5 nitrogen and oxygen atoms in total. The molecule has 0 spiro atoms. The lowest BCUT2D eigenvalue weighted by atomic mass is 9.92. The Bertz CT molecular complexity index is 610. The van der Waals surface area contributed by atoms with Crippen molar-refractivity contribution in [2.75, 3.05) is 25.5 Å². The van der Waals surface area contributed by atoms with Gasteiger partial charge in [-0.2, -0.15) is 5.10 Å². The third-order valence-corrected chi connectivity index (χ3v) is 3.89. The van der Waals surface area contributed by atoms with Crippen molar-refractivity contribution in [2.24, 2.45) is 0 Å². The van der Waals surface area contributed by atoms with Crippen molar-refractivity contribution in [1.29, 1.82) is 0 Å². The molecule has 2 aromatic rings. The molecule has 108 valence electrons. The summed E-state index contributed by atoms with van der Waals surface area (Å²) >= 11 is 0. The van der Waals surface area contributed by atoms with E-state index >= 15 is 0 Å². The Balaban J connectivity index is 1.93. The second-order valence-corrected chi connectivity index (χ2v) is 6.78. The Kier molecular flexibility index (Phi) is 3.17. The first kappa shape index (κ1) is 13.4. The van der Waals surface area contributed by atoms with Gasteiger partial charge in [0.15, 0.2) is 5.82 Å². The molecular formula is C15H23N5. The maximum absolute atomic E-state index is 4.66. The summed E-state index contributed by atoms with van der Waals surface area (Å²) < 4.78 is 1.93. The number of likely N-dealkylation sites (tertiary alicyclic amines) is 1. The zero-order valence-corrected chi connectivity index (χ0v) is 12.7. The Hall–Kier alpha value is -1.62. The molecule has 20 heavy (non-hydrogen) atoms. The summed E-state index contributed by atoms with van der Waals surface area (Å²) in [6, 6.07) is 2.63. The van der Waals surface area contributed by atoms with Crippen molar-refractivity contribution in [2.45, 2.75) is 38.6 Å². The molecule has 1 aliphatic rings. The summed E-state index contributed by atoms with van der Waals surface area (Å²) in [6.45, 7) is 8.76. The van der Waals surface area contributed by atoms with Crippen LogP contribution >= 0.6 is 0 Å².